The van der Waals surface area contributed by atoms with Gasteiger partial charge in [-0.05, 0) is 36.5 Å². The molecule has 0 atom stereocenters. The zero-order valence-electron chi connectivity index (χ0n) is 12.1. The Morgan fingerprint density at radius 1 is 1.29 bits per heavy atom. The van der Waals surface area contributed by atoms with Crippen LogP contribution in [0, 0.1) is 5.92 Å². The Bertz CT molecular complexity index is 554. The van der Waals surface area contributed by atoms with Gasteiger partial charge in [0, 0.05) is 38.3 Å². The highest BCUT2D eigenvalue weighted by molar-refractivity contribution is 7.86. The Balaban J connectivity index is 2.00. The lowest BCUT2D eigenvalue weighted by Crippen LogP contribution is -2.45. The van der Waals surface area contributed by atoms with Gasteiger partial charge in [0.15, 0.2) is 0 Å². The third-order valence-electron chi connectivity index (χ3n) is 3.87. The molecule has 0 saturated carbocycles. The average Bonchev–Trinajstić information content (AvgIpc) is 2.49. The van der Waals surface area contributed by atoms with Crippen molar-refractivity contribution >= 4 is 21.8 Å². The Hall–Kier alpha value is -0.660. The number of benzene rings is 1. The van der Waals surface area contributed by atoms with Crippen LogP contribution in [-0.4, -0.2) is 48.9 Å². The molecule has 2 rings (SSSR count). The minimum atomic E-state index is -3.45. The molecule has 7 heteroatoms. The first-order chi connectivity index (χ1) is 9.93. The Morgan fingerprint density at radius 3 is 2.38 bits per heavy atom. The summed E-state index contributed by atoms with van der Waals surface area (Å²) >= 11 is 5.83. The van der Waals surface area contributed by atoms with E-state index in [-0.39, 0.29) is 12.5 Å². The van der Waals surface area contributed by atoms with Crippen molar-refractivity contribution in [2.24, 2.45) is 5.92 Å². The van der Waals surface area contributed by atoms with Crippen molar-refractivity contribution in [1.29, 1.82) is 0 Å². The number of aliphatic hydroxyl groups excluding tert-OH is 1. The second-order valence-electron chi connectivity index (χ2n) is 5.42. The Morgan fingerprint density at radius 2 is 1.86 bits per heavy atom. The molecule has 0 radical (unpaired) electrons. The van der Waals surface area contributed by atoms with E-state index in [4.69, 9.17) is 16.7 Å². The fourth-order valence-electron chi connectivity index (χ4n) is 2.45. The Kier molecular flexibility index (Phi) is 5.62. The van der Waals surface area contributed by atoms with Crippen LogP contribution >= 0.6 is 11.6 Å². The number of aliphatic hydroxyl groups is 1. The van der Waals surface area contributed by atoms with Crippen LogP contribution in [0.5, 0.6) is 0 Å². The lowest BCUT2D eigenvalue weighted by Gasteiger charge is -2.33. The number of piperidine rings is 1. The number of hydrogen-bond acceptors (Lipinski definition) is 3. The van der Waals surface area contributed by atoms with Gasteiger partial charge in [-0.1, -0.05) is 23.7 Å². The van der Waals surface area contributed by atoms with Gasteiger partial charge >= 0.3 is 0 Å². The predicted molar refractivity (Wildman–Crippen MR) is 83.2 cm³/mol. The lowest BCUT2D eigenvalue weighted by atomic mass is 10.00. The molecular weight excluding hydrogens is 312 g/mol. The van der Waals surface area contributed by atoms with Crippen molar-refractivity contribution in [1.82, 2.24) is 8.61 Å². The van der Waals surface area contributed by atoms with Crippen LogP contribution < -0.4 is 0 Å². The third kappa shape index (κ3) is 4.17. The van der Waals surface area contributed by atoms with Crippen LogP contribution in [-0.2, 0) is 16.8 Å². The van der Waals surface area contributed by atoms with Crippen LogP contribution in [0.15, 0.2) is 24.3 Å². The van der Waals surface area contributed by atoms with Crippen LogP contribution in [0.4, 0.5) is 0 Å². The summed E-state index contributed by atoms with van der Waals surface area (Å²) in [6.07, 6.45) is 1.43. The fourth-order valence-corrected chi connectivity index (χ4v) is 3.95. The summed E-state index contributed by atoms with van der Waals surface area (Å²) in [4.78, 5) is 0. The van der Waals surface area contributed by atoms with E-state index in [1.165, 1.54) is 8.61 Å². The molecule has 0 aromatic heterocycles. The van der Waals surface area contributed by atoms with Crippen molar-refractivity contribution in [3.05, 3.63) is 34.9 Å². The minimum Gasteiger partial charge on any atom is -0.396 e. The summed E-state index contributed by atoms with van der Waals surface area (Å²) in [6.45, 7) is 1.39. The van der Waals surface area contributed by atoms with Crippen molar-refractivity contribution in [3.8, 4) is 0 Å². The second kappa shape index (κ2) is 7.07. The van der Waals surface area contributed by atoms with E-state index in [9.17, 15) is 8.42 Å². The molecule has 0 aliphatic carbocycles. The van der Waals surface area contributed by atoms with Crippen molar-refractivity contribution in [3.63, 3.8) is 0 Å². The first-order valence-corrected chi connectivity index (χ1v) is 8.77. The Labute approximate surface area is 131 Å². The molecule has 1 saturated heterocycles. The maximum Gasteiger partial charge on any atom is 0.282 e. The van der Waals surface area contributed by atoms with Crippen molar-refractivity contribution in [2.75, 3.05) is 26.7 Å². The van der Waals surface area contributed by atoms with E-state index in [1.54, 1.807) is 19.2 Å². The molecule has 1 aromatic rings. The molecule has 1 N–H and O–H groups in total. The fraction of sp³-hybridized carbons (Fsp3) is 0.571. The minimum absolute atomic E-state index is 0.133. The van der Waals surface area contributed by atoms with Gasteiger partial charge in [-0.15, -0.1) is 0 Å². The number of halogens is 1. The van der Waals surface area contributed by atoms with E-state index in [1.807, 2.05) is 12.1 Å². The maximum absolute atomic E-state index is 12.5. The van der Waals surface area contributed by atoms with Crippen LogP contribution in [0.3, 0.4) is 0 Å². The van der Waals surface area contributed by atoms with Crippen LogP contribution in [0.1, 0.15) is 18.4 Å². The molecule has 0 unspecified atom stereocenters. The highest BCUT2D eigenvalue weighted by Crippen LogP contribution is 2.21. The van der Waals surface area contributed by atoms with E-state index < -0.39 is 10.2 Å². The molecule has 1 aromatic carbocycles. The summed E-state index contributed by atoms with van der Waals surface area (Å²) in [5.74, 6) is 0.220. The van der Waals surface area contributed by atoms with E-state index in [0.717, 1.165) is 5.56 Å². The predicted octanol–water partition coefficient (Wildman–Crippen LogP) is 1.72. The van der Waals surface area contributed by atoms with E-state index >= 15 is 0 Å². The standard InChI is InChI=1S/C14H21ClN2O3S/c1-16(10-12-2-4-14(15)5-3-12)21(19,20)17-8-6-13(11-18)7-9-17/h2-5,13,18H,6-11H2,1H3. The van der Waals surface area contributed by atoms with Gasteiger partial charge in [-0.25, -0.2) is 0 Å². The molecule has 21 heavy (non-hydrogen) atoms. The zero-order chi connectivity index (χ0) is 15.5. The lowest BCUT2D eigenvalue weighted by molar-refractivity contribution is 0.166. The SMILES string of the molecule is CN(Cc1ccc(Cl)cc1)S(=O)(=O)N1CCC(CO)CC1. The highest BCUT2D eigenvalue weighted by Gasteiger charge is 2.30. The number of nitrogens with zero attached hydrogens (tertiary/aromatic N) is 2. The summed E-state index contributed by atoms with van der Waals surface area (Å²) < 4.78 is 27.9. The van der Waals surface area contributed by atoms with Crippen molar-refractivity contribution < 1.29 is 13.5 Å². The van der Waals surface area contributed by atoms with Gasteiger partial charge in [-0.2, -0.15) is 17.0 Å². The van der Waals surface area contributed by atoms with Gasteiger partial charge in [0.2, 0.25) is 0 Å². The van der Waals surface area contributed by atoms with E-state index in [2.05, 4.69) is 0 Å². The first-order valence-electron chi connectivity index (χ1n) is 7.00. The van der Waals surface area contributed by atoms with Gasteiger partial charge < -0.3 is 5.11 Å². The molecule has 0 bridgehead atoms. The zero-order valence-corrected chi connectivity index (χ0v) is 13.6. The maximum atomic E-state index is 12.5. The monoisotopic (exact) mass is 332 g/mol. The average molecular weight is 333 g/mol. The van der Waals surface area contributed by atoms with Crippen molar-refractivity contribution in [2.45, 2.75) is 19.4 Å². The summed E-state index contributed by atoms with van der Waals surface area (Å²) in [7, 11) is -1.86. The normalized spacial score (nSPS) is 18.3. The van der Waals surface area contributed by atoms with Gasteiger partial charge in [-0.3, -0.25) is 0 Å². The largest absolute Gasteiger partial charge is 0.396 e. The van der Waals surface area contributed by atoms with Gasteiger partial charge in [0.1, 0.15) is 0 Å². The van der Waals surface area contributed by atoms with Crippen LogP contribution in [0.2, 0.25) is 5.02 Å². The number of hydrogen-bond donors (Lipinski definition) is 1. The van der Waals surface area contributed by atoms with Crippen LogP contribution in [0.25, 0.3) is 0 Å². The molecule has 1 fully saturated rings. The molecule has 1 aliphatic rings. The second-order valence-corrected chi connectivity index (χ2v) is 7.89. The molecular formula is C14H21ClN2O3S. The molecule has 1 aliphatic heterocycles. The smallest absolute Gasteiger partial charge is 0.282 e. The molecule has 118 valence electrons. The molecule has 5 nitrogen and oxygen atoms in total. The molecule has 0 spiro atoms. The summed E-state index contributed by atoms with van der Waals surface area (Å²) in [5.41, 5.74) is 0.899. The third-order valence-corrected chi connectivity index (χ3v) is 6.06. The summed E-state index contributed by atoms with van der Waals surface area (Å²) in [5, 5.41) is 9.75. The first kappa shape index (κ1) is 16.7. The quantitative estimate of drug-likeness (QED) is 0.893. The van der Waals surface area contributed by atoms with Gasteiger partial charge in [0.25, 0.3) is 10.2 Å². The molecule has 1 heterocycles. The highest BCUT2D eigenvalue weighted by atomic mass is 35.5. The van der Waals surface area contributed by atoms with E-state index in [0.29, 0.717) is 37.5 Å². The topological polar surface area (TPSA) is 60.9 Å². The summed E-state index contributed by atoms with van der Waals surface area (Å²) in [6, 6.07) is 7.16. The molecule has 0 amide bonds. The number of rotatable bonds is 5. The van der Waals surface area contributed by atoms with Gasteiger partial charge in [0.05, 0.1) is 0 Å².